The fourth-order valence-electron chi connectivity index (χ4n) is 5.82. The minimum Gasteiger partial charge on any atom is -0.369 e. The molecule has 1 aromatic rings. The summed E-state index contributed by atoms with van der Waals surface area (Å²) >= 11 is 0. The first-order valence-corrected chi connectivity index (χ1v) is 11.9. The largest absolute Gasteiger partial charge is 0.369 e. The van der Waals surface area contributed by atoms with Gasteiger partial charge in [0.2, 0.25) is 0 Å². The zero-order valence-electron chi connectivity index (χ0n) is 18.4. The number of nitrogens with two attached hydrogens (primary N) is 1. The summed E-state index contributed by atoms with van der Waals surface area (Å²) in [5, 5.41) is 3.59. The number of aliphatic imine (C=N–C) groups is 1. The van der Waals surface area contributed by atoms with Crippen molar-refractivity contribution in [3.8, 4) is 0 Å². The molecule has 0 radical (unpaired) electrons. The van der Waals surface area contributed by atoms with E-state index >= 15 is 0 Å². The Morgan fingerprint density at radius 3 is 2.63 bits per heavy atom. The second-order valence-electron chi connectivity index (χ2n) is 9.70. The number of carbonyl (C=O) groups is 1. The Morgan fingerprint density at radius 1 is 1.13 bits per heavy atom. The summed E-state index contributed by atoms with van der Waals surface area (Å²) in [4.78, 5) is 24.1. The predicted octanol–water partition coefficient (Wildman–Crippen LogP) is 4.33. The molecule has 1 unspecified atom stereocenters. The molecule has 2 heterocycles. The highest BCUT2D eigenvalue weighted by Crippen LogP contribution is 2.40. The van der Waals surface area contributed by atoms with E-state index < -0.39 is 5.54 Å². The van der Waals surface area contributed by atoms with Crippen LogP contribution in [-0.4, -0.2) is 40.4 Å². The van der Waals surface area contributed by atoms with Crippen molar-refractivity contribution >= 4 is 17.7 Å². The third-order valence-electron chi connectivity index (χ3n) is 7.49. The maximum atomic E-state index is 13.3. The van der Waals surface area contributed by atoms with E-state index in [-0.39, 0.29) is 5.91 Å². The van der Waals surface area contributed by atoms with Crippen LogP contribution in [-0.2, 0) is 4.79 Å². The van der Waals surface area contributed by atoms with Crippen LogP contribution in [0.4, 0.5) is 5.82 Å². The molecule has 0 aromatic carbocycles. The lowest BCUT2D eigenvalue weighted by Gasteiger charge is -2.35. The van der Waals surface area contributed by atoms with Gasteiger partial charge in [-0.1, -0.05) is 51.0 Å². The average molecular weight is 412 g/mol. The number of hydrogen-bond donors (Lipinski definition) is 2. The molecule has 1 aromatic heterocycles. The van der Waals surface area contributed by atoms with Crippen LogP contribution in [0, 0.1) is 11.8 Å². The Labute approximate surface area is 180 Å². The Balaban J connectivity index is 1.42. The van der Waals surface area contributed by atoms with Crippen LogP contribution >= 0.6 is 0 Å². The number of hydrogen-bond acceptors (Lipinski definition) is 5. The Bertz CT molecular complexity index is 745. The van der Waals surface area contributed by atoms with E-state index in [1.54, 1.807) is 11.9 Å². The van der Waals surface area contributed by atoms with E-state index in [9.17, 15) is 4.79 Å². The molecule has 6 heteroatoms. The second kappa shape index (κ2) is 9.36. The number of anilines is 1. The third-order valence-corrected chi connectivity index (χ3v) is 7.49. The van der Waals surface area contributed by atoms with Gasteiger partial charge in [0.05, 0.1) is 0 Å². The summed E-state index contributed by atoms with van der Waals surface area (Å²) in [5.41, 5.74) is 5.48. The third kappa shape index (κ3) is 4.79. The SMILES string of the molecule is CN1C(=O)[C@@](CCC2CCCCC2)(C[C@H]2CCCC(Nc3ccccn3)C2)N=C1N. The van der Waals surface area contributed by atoms with Crippen LogP contribution in [0.5, 0.6) is 0 Å². The van der Waals surface area contributed by atoms with Crippen LogP contribution in [0.15, 0.2) is 29.4 Å². The van der Waals surface area contributed by atoms with E-state index in [4.69, 9.17) is 10.7 Å². The fourth-order valence-corrected chi connectivity index (χ4v) is 5.82. The molecular weight excluding hydrogens is 374 g/mol. The van der Waals surface area contributed by atoms with Gasteiger partial charge in [-0.05, 0) is 56.1 Å². The maximum Gasteiger partial charge on any atom is 0.257 e. The quantitative estimate of drug-likeness (QED) is 0.699. The summed E-state index contributed by atoms with van der Waals surface area (Å²) in [7, 11) is 1.77. The molecule has 6 nitrogen and oxygen atoms in total. The Kier molecular flexibility index (Phi) is 6.59. The van der Waals surface area contributed by atoms with Crippen LogP contribution in [0.2, 0.25) is 0 Å². The van der Waals surface area contributed by atoms with Crippen molar-refractivity contribution in [1.29, 1.82) is 0 Å². The van der Waals surface area contributed by atoms with Gasteiger partial charge < -0.3 is 11.1 Å². The molecule has 3 N–H and O–H groups in total. The van der Waals surface area contributed by atoms with Crippen molar-refractivity contribution in [2.24, 2.45) is 22.6 Å². The maximum absolute atomic E-state index is 13.3. The van der Waals surface area contributed by atoms with Gasteiger partial charge in [0, 0.05) is 19.3 Å². The predicted molar refractivity (Wildman–Crippen MR) is 121 cm³/mol. The number of likely N-dealkylation sites (N-methyl/N-ethyl adjacent to an activating group) is 1. The topological polar surface area (TPSA) is 83.6 Å². The lowest BCUT2D eigenvalue weighted by atomic mass is 9.74. The first-order chi connectivity index (χ1) is 14.6. The number of nitrogens with zero attached hydrogens (tertiary/aromatic N) is 3. The van der Waals surface area contributed by atoms with Crippen LogP contribution < -0.4 is 11.1 Å². The molecule has 2 saturated carbocycles. The minimum absolute atomic E-state index is 0.107. The van der Waals surface area contributed by atoms with Crippen LogP contribution in [0.3, 0.4) is 0 Å². The lowest BCUT2D eigenvalue weighted by molar-refractivity contribution is -0.131. The Hall–Kier alpha value is -2.11. The molecule has 0 saturated heterocycles. The zero-order valence-corrected chi connectivity index (χ0v) is 18.4. The van der Waals surface area contributed by atoms with E-state index in [1.165, 1.54) is 38.5 Å². The molecule has 2 fully saturated rings. The van der Waals surface area contributed by atoms with E-state index in [0.717, 1.165) is 50.3 Å². The number of aromatic nitrogens is 1. The monoisotopic (exact) mass is 411 g/mol. The van der Waals surface area contributed by atoms with E-state index in [2.05, 4.69) is 10.3 Å². The smallest absolute Gasteiger partial charge is 0.257 e. The molecule has 0 bridgehead atoms. The Morgan fingerprint density at radius 2 is 1.93 bits per heavy atom. The highest BCUT2D eigenvalue weighted by Gasteiger charge is 2.48. The van der Waals surface area contributed by atoms with Crippen molar-refractivity contribution < 1.29 is 4.79 Å². The van der Waals surface area contributed by atoms with Crippen molar-refractivity contribution in [1.82, 2.24) is 9.88 Å². The normalized spacial score (nSPS) is 30.4. The van der Waals surface area contributed by atoms with Crippen molar-refractivity contribution in [2.75, 3.05) is 12.4 Å². The molecular formula is C24H37N5O. The number of guanidine groups is 1. The molecule has 164 valence electrons. The number of amides is 1. The van der Waals surface area contributed by atoms with E-state index in [0.29, 0.717) is 17.9 Å². The lowest BCUT2D eigenvalue weighted by Crippen LogP contribution is -2.44. The average Bonchev–Trinajstić information content (AvgIpc) is 2.98. The minimum atomic E-state index is -0.645. The molecule has 3 aliphatic rings. The van der Waals surface area contributed by atoms with Gasteiger partial charge >= 0.3 is 0 Å². The summed E-state index contributed by atoms with van der Waals surface area (Å²) in [5.74, 6) is 2.67. The highest BCUT2D eigenvalue weighted by molar-refractivity contribution is 6.06. The summed E-state index contributed by atoms with van der Waals surface area (Å²) in [6, 6.07) is 6.38. The van der Waals surface area contributed by atoms with Gasteiger partial charge in [0.1, 0.15) is 11.4 Å². The molecule has 2 aliphatic carbocycles. The fraction of sp³-hybridized carbons (Fsp3) is 0.708. The van der Waals surface area contributed by atoms with Gasteiger partial charge in [-0.3, -0.25) is 9.69 Å². The number of carbonyl (C=O) groups excluding carboxylic acids is 1. The van der Waals surface area contributed by atoms with Gasteiger partial charge in [0.15, 0.2) is 5.96 Å². The standard InChI is InChI=1S/C24H37N5O/c1-29-22(30)24(28-23(29)25,14-13-18-8-3-2-4-9-18)17-19-10-7-11-20(16-19)27-21-12-5-6-15-26-21/h5-6,12,15,18-20H,2-4,7-11,13-14,16-17H2,1H3,(H2,25,28)(H,26,27)/t19-,20?,24+/m0/s1. The summed E-state index contributed by atoms with van der Waals surface area (Å²) < 4.78 is 0. The number of pyridine rings is 1. The molecule has 4 rings (SSSR count). The van der Waals surface area contributed by atoms with Crippen molar-refractivity contribution in [2.45, 2.75) is 88.6 Å². The van der Waals surface area contributed by atoms with E-state index in [1.807, 2.05) is 24.4 Å². The molecule has 0 spiro atoms. The van der Waals surface area contributed by atoms with Crippen molar-refractivity contribution in [3.63, 3.8) is 0 Å². The van der Waals surface area contributed by atoms with Gasteiger partial charge in [0.25, 0.3) is 5.91 Å². The van der Waals surface area contributed by atoms with Crippen LogP contribution in [0.1, 0.15) is 77.0 Å². The molecule has 3 atom stereocenters. The number of rotatable bonds is 7. The van der Waals surface area contributed by atoms with Gasteiger partial charge in [-0.15, -0.1) is 0 Å². The highest BCUT2D eigenvalue weighted by atomic mass is 16.2. The first-order valence-electron chi connectivity index (χ1n) is 11.9. The van der Waals surface area contributed by atoms with Gasteiger partial charge in [-0.25, -0.2) is 9.98 Å². The molecule has 30 heavy (non-hydrogen) atoms. The van der Waals surface area contributed by atoms with Crippen LogP contribution in [0.25, 0.3) is 0 Å². The molecule has 1 amide bonds. The second-order valence-corrected chi connectivity index (χ2v) is 9.70. The molecule has 1 aliphatic heterocycles. The summed E-state index contributed by atoms with van der Waals surface area (Å²) in [6.45, 7) is 0. The van der Waals surface area contributed by atoms with Gasteiger partial charge in [-0.2, -0.15) is 0 Å². The summed E-state index contributed by atoms with van der Waals surface area (Å²) in [6.07, 6.45) is 15.8. The first kappa shape index (κ1) is 21.1. The number of nitrogens with one attached hydrogen (secondary N) is 1. The zero-order chi connectivity index (χ0) is 21.0. The van der Waals surface area contributed by atoms with Crippen molar-refractivity contribution in [3.05, 3.63) is 24.4 Å².